The molecule has 11 heteroatoms. The van der Waals surface area contributed by atoms with E-state index < -0.39 is 0 Å². The Hall–Kier alpha value is -3.11. The van der Waals surface area contributed by atoms with E-state index in [0.717, 1.165) is 23.0 Å². The molecule has 212 valence electrons. The number of halogens is 2. The minimum absolute atomic E-state index is 0.0289. The van der Waals surface area contributed by atoms with Gasteiger partial charge in [-0.2, -0.15) is 0 Å². The first-order chi connectivity index (χ1) is 19.4. The molecule has 0 saturated carbocycles. The number of anilines is 2. The molecule has 0 radical (unpaired) electrons. The number of nitrogens with zero attached hydrogens (tertiary/aromatic N) is 3. The maximum Gasteiger partial charge on any atom is 0.155 e. The highest BCUT2D eigenvalue weighted by molar-refractivity contribution is 6.41. The van der Waals surface area contributed by atoms with Gasteiger partial charge in [-0.1, -0.05) is 29.8 Å². The average Bonchev–Trinajstić information content (AvgIpc) is 2.94. The summed E-state index contributed by atoms with van der Waals surface area (Å²) in [7, 11) is 4.78. The Morgan fingerprint density at radius 2 is 1.90 bits per heavy atom. The predicted octanol–water partition coefficient (Wildman–Crippen LogP) is 5.42. The van der Waals surface area contributed by atoms with Crippen molar-refractivity contribution >= 4 is 51.4 Å². The number of pyridine rings is 2. The topological polar surface area (TPSA) is 95.0 Å². The molecule has 4 heterocycles. The van der Waals surface area contributed by atoms with Crippen molar-refractivity contribution in [3.05, 3.63) is 47.1 Å². The monoisotopic (exact) mass is 586 g/mol. The van der Waals surface area contributed by atoms with Gasteiger partial charge in [0.2, 0.25) is 0 Å². The highest BCUT2D eigenvalue weighted by atomic mass is 35.5. The van der Waals surface area contributed by atoms with Crippen LogP contribution in [0, 0.1) is 5.92 Å². The summed E-state index contributed by atoms with van der Waals surface area (Å²) in [4.78, 5) is 24.0. The maximum absolute atomic E-state index is 12.1. The van der Waals surface area contributed by atoms with Crippen molar-refractivity contribution in [2.75, 3.05) is 57.8 Å². The number of carbonyl (C=O) groups is 1. The van der Waals surface area contributed by atoms with Crippen LogP contribution in [0.1, 0.15) is 12.8 Å². The number of hydrogen-bond acceptors (Lipinski definition) is 9. The van der Waals surface area contributed by atoms with Crippen LogP contribution in [0.5, 0.6) is 11.5 Å². The van der Waals surface area contributed by atoms with E-state index in [-0.39, 0.29) is 23.8 Å². The lowest BCUT2D eigenvalue weighted by Crippen LogP contribution is -2.52. The quantitative estimate of drug-likeness (QED) is 0.312. The van der Waals surface area contributed by atoms with E-state index in [0.29, 0.717) is 71.3 Å². The summed E-state index contributed by atoms with van der Waals surface area (Å²) in [6.07, 6.45) is 4.51. The Kier molecular flexibility index (Phi) is 8.65. The Morgan fingerprint density at radius 1 is 1.18 bits per heavy atom. The van der Waals surface area contributed by atoms with Crippen molar-refractivity contribution in [3.8, 4) is 22.8 Å². The standard InChI is InChI=1S/C29H32Cl2N4O5/c1-5-18(36)8-16-6-7-40-15-22(16)33-25-10-20-17(12-32-25)9-21(34-29(20)35-13-19(14-35)37-2)26-27(30)23(38-3)11-24(39-4)28(26)31/h5,9-12,16,19,22H,1,6-8,13-15H2,2-4H3,(H,32,33)/t16-,22-/m1/s1. The van der Waals surface area contributed by atoms with E-state index in [1.807, 2.05) is 12.1 Å². The summed E-state index contributed by atoms with van der Waals surface area (Å²) in [5.74, 6) is 2.46. The van der Waals surface area contributed by atoms with Gasteiger partial charge in [0.05, 0.1) is 48.7 Å². The first-order valence-electron chi connectivity index (χ1n) is 13.0. The second kappa shape index (κ2) is 12.2. The van der Waals surface area contributed by atoms with E-state index in [1.54, 1.807) is 19.4 Å². The van der Waals surface area contributed by atoms with Crippen LogP contribution in [0.3, 0.4) is 0 Å². The number of hydrogen-bond donors (Lipinski definition) is 1. The summed E-state index contributed by atoms with van der Waals surface area (Å²) in [6, 6.07) is 5.49. The number of ether oxygens (including phenoxy) is 4. The first kappa shape index (κ1) is 28.4. The van der Waals surface area contributed by atoms with Crippen LogP contribution in [0.15, 0.2) is 37.1 Å². The SMILES string of the molecule is C=CC(=O)C[C@H]1CCOC[C@H]1Nc1cc2c(N3CC(OC)C3)nc(-c3c(Cl)c(OC)cc(OC)c3Cl)cc2cn1. The van der Waals surface area contributed by atoms with Gasteiger partial charge in [-0.3, -0.25) is 4.79 Å². The number of rotatable bonds is 10. The van der Waals surface area contributed by atoms with Crippen LogP contribution in [-0.4, -0.2) is 75.5 Å². The molecular formula is C29H32Cl2N4O5. The third kappa shape index (κ3) is 5.56. The summed E-state index contributed by atoms with van der Waals surface area (Å²) in [6.45, 7) is 6.13. The highest BCUT2D eigenvalue weighted by Crippen LogP contribution is 2.47. The van der Waals surface area contributed by atoms with Gasteiger partial charge in [-0.15, -0.1) is 0 Å². The third-order valence-electron chi connectivity index (χ3n) is 7.53. The highest BCUT2D eigenvalue weighted by Gasteiger charge is 2.31. The Labute approximate surface area is 243 Å². The van der Waals surface area contributed by atoms with E-state index in [2.05, 4.69) is 16.8 Å². The number of carbonyl (C=O) groups excluding carboxylic acids is 1. The third-order valence-corrected chi connectivity index (χ3v) is 8.28. The van der Waals surface area contributed by atoms with Gasteiger partial charge in [-0.25, -0.2) is 9.97 Å². The predicted molar refractivity (Wildman–Crippen MR) is 157 cm³/mol. The van der Waals surface area contributed by atoms with Crippen LogP contribution in [-0.2, 0) is 14.3 Å². The van der Waals surface area contributed by atoms with Crippen LogP contribution >= 0.6 is 23.2 Å². The second-order valence-corrected chi connectivity index (χ2v) is 10.7. The van der Waals surface area contributed by atoms with Gasteiger partial charge in [0, 0.05) is 61.8 Å². The van der Waals surface area contributed by atoms with Gasteiger partial charge in [0.1, 0.15) is 23.1 Å². The molecular weight excluding hydrogens is 555 g/mol. The summed E-state index contributed by atoms with van der Waals surface area (Å²) in [5.41, 5.74) is 1.09. The number of methoxy groups -OCH3 is 3. The van der Waals surface area contributed by atoms with Crippen molar-refractivity contribution in [1.29, 1.82) is 0 Å². The number of ketones is 1. The Balaban J connectivity index is 1.57. The lowest BCUT2D eigenvalue weighted by Gasteiger charge is -2.39. The van der Waals surface area contributed by atoms with E-state index >= 15 is 0 Å². The molecule has 2 saturated heterocycles. The molecule has 0 amide bonds. The van der Waals surface area contributed by atoms with E-state index in [1.165, 1.54) is 20.3 Å². The molecule has 5 rings (SSSR count). The fourth-order valence-corrected chi connectivity index (χ4v) is 5.86. The lowest BCUT2D eigenvalue weighted by molar-refractivity contribution is -0.116. The minimum Gasteiger partial charge on any atom is -0.495 e. The number of aromatic nitrogens is 2. The molecule has 40 heavy (non-hydrogen) atoms. The summed E-state index contributed by atoms with van der Waals surface area (Å²) in [5, 5.41) is 5.95. The maximum atomic E-state index is 12.1. The van der Waals surface area contributed by atoms with Gasteiger partial charge in [-0.05, 0) is 30.5 Å². The van der Waals surface area contributed by atoms with E-state index in [4.69, 9.17) is 52.1 Å². The largest absolute Gasteiger partial charge is 0.495 e. The molecule has 2 aliphatic heterocycles. The number of benzene rings is 1. The lowest BCUT2D eigenvalue weighted by atomic mass is 9.89. The average molecular weight is 588 g/mol. The van der Waals surface area contributed by atoms with E-state index in [9.17, 15) is 4.79 Å². The van der Waals surface area contributed by atoms with Crippen LogP contribution in [0.4, 0.5) is 11.6 Å². The second-order valence-electron chi connectivity index (χ2n) is 9.92. The Bertz CT molecular complexity index is 1400. The fourth-order valence-electron chi connectivity index (χ4n) is 5.17. The van der Waals surface area contributed by atoms with Gasteiger partial charge in [0.15, 0.2) is 5.78 Å². The van der Waals surface area contributed by atoms with Crippen LogP contribution < -0.4 is 19.7 Å². The molecule has 2 atom stereocenters. The smallest absolute Gasteiger partial charge is 0.155 e. The molecule has 3 aromatic rings. The molecule has 9 nitrogen and oxygen atoms in total. The molecule has 1 aromatic carbocycles. The van der Waals surface area contributed by atoms with Crippen molar-refractivity contribution in [2.24, 2.45) is 5.92 Å². The zero-order valence-corrected chi connectivity index (χ0v) is 24.2. The number of fused-ring (bicyclic) bond motifs is 1. The van der Waals surface area contributed by atoms with Crippen molar-refractivity contribution in [1.82, 2.24) is 9.97 Å². The zero-order valence-electron chi connectivity index (χ0n) is 22.7. The molecule has 1 N–H and O–H groups in total. The molecule has 0 bridgehead atoms. The van der Waals surface area contributed by atoms with Crippen LogP contribution in [0.2, 0.25) is 10.0 Å². The Morgan fingerprint density at radius 3 is 2.55 bits per heavy atom. The minimum atomic E-state index is -0.0537. The normalized spacial score (nSPS) is 19.3. The van der Waals surface area contributed by atoms with Crippen LogP contribution in [0.25, 0.3) is 22.0 Å². The summed E-state index contributed by atoms with van der Waals surface area (Å²) < 4.78 is 22.2. The molecule has 0 spiro atoms. The summed E-state index contributed by atoms with van der Waals surface area (Å²) >= 11 is 13.5. The first-order valence-corrected chi connectivity index (χ1v) is 13.8. The fraction of sp³-hybridized carbons (Fsp3) is 0.414. The molecule has 2 aromatic heterocycles. The van der Waals surface area contributed by atoms with Crippen molar-refractivity contribution in [3.63, 3.8) is 0 Å². The van der Waals surface area contributed by atoms with Gasteiger partial charge in [0.25, 0.3) is 0 Å². The van der Waals surface area contributed by atoms with Gasteiger partial charge < -0.3 is 29.2 Å². The number of nitrogens with one attached hydrogen (secondary N) is 1. The van der Waals surface area contributed by atoms with Gasteiger partial charge >= 0.3 is 0 Å². The molecule has 2 fully saturated rings. The van der Waals surface area contributed by atoms with Crippen molar-refractivity contribution < 1.29 is 23.7 Å². The van der Waals surface area contributed by atoms with Crippen molar-refractivity contribution in [2.45, 2.75) is 25.0 Å². The zero-order chi connectivity index (χ0) is 28.4. The molecule has 2 aliphatic rings. The number of allylic oxidation sites excluding steroid dienone is 1. The molecule has 0 aliphatic carbocycles. The molecule has 0 unspecified atom stereocenters.